The zero-order chi connectivity index (χ0) is 13.5. The molecule has 2 heteroatoms. The van der Waals surface area contributed by atoms with Crippen molar-refractivity contribution in [1.82, 2.24) is 5.32 Å². The van der Waals surface area contributed by atoms with Gasteiger partial charge < -0.3 is 10.1 Å². The van der Waals surface area contributed by atoms with Gasteiger partial charge in [-0.25, -0.2) is 0 Å². The van der Waals surface area contributed by atoms with Gasteiger partial charge in [0.15, 0.2) is 0 Å². The maximum absolute atomic E-state index is 5.54. The smallest absolute Gasteiger partial charge is 0.122 e. The summed E-state index contributed by atoms with van der Waals surface area (Å²) < 4.78 is 5.54. The van der Waals surface area contributed by atoms with Crippen LogP contribution < -0.4 is 10.1 Å². The maximum atomic E-state index is 5.54. The number of hydrogen-bond acceptors (Lipinski definition) is 2. The van der Waals surface area contributed by atoms with Crippen molar-refractivity contribution in [2.24, 2.45) is 0 Å². The molecule has 0 unspecified atom stereocenters. The summed E-state index contributed by atoms with van der Waals surface area (Å²) in [6.45, 7) is 6.44. The molecule has 0 saturated heterocycles. The number of hydrogen-bond donors (Lipinski definition) is 1. The summed E-state index contributed by atoms with van der Waals surface area (Å²) >= 11 is 0. The van der Waals surface area contributed by atoms with E-state index >= 15 is 0 Å². The van der Waals surface area contributed by atoms with Crippen LogP contribution in [0.15, 0.2) is 18.2 Å². The third-order valence-electron chi connectivity index (χ3n) is 3.70. The number of ether oxygens (including phenoxy) is 1. The zero-order valence-corrected chi connectivity index (χ0v) is 12.4. The molecule has 1 heterocycles. The monoisotopic (exact) mass is 261 g/mol. The Labute approximate surface area is 117 Å². The first kappa shape index (κ1) is 14.4. The predicted octanol–water partition coefficient (Wildman–Crippen LogP) is 3.72. The fourth-order valence-corrected chi connectivity index (χ4v) is 2.59. The van der Waals surface area contributed by atoms with Gasteiger partial charge in [0, 0.05) is 12.5 Å². The fraction of sp³-hybridized carbons (Fsp3) is 0.647. The van der Waals surface area contributed by atoms with Crippen molar-refractivity contribution in [3.8, 4) is 5.75 Å². The number of rotatable bonds is 8. The van der Waals surface area contributed by atoms with Crippen molar-refractivity contribution in [2.45, 2.75) is 58.4 Å². The molecule has 0 amide bonds. The second-order valence-electron chi connectivity index (χ2n) is 5.81. The Balaban J connectivity index is 1.58. The Hall–Kier alpha value is -1.02. The van der Waals surface area contributed by atoms with Crippen LogP contribution in [-0.2, 0) is 12.8 Å². The maximum Gasteiger partial charge on any atom is 0.122 e. The molecular weight excluding hydrogens is 234 g/mol. The Bertz CT molecular complexity index is 387. The van der Waals surface area contributed by atoms with E-state index in [0.717, 1.165) is 25.3 Å². The second-order valence-corrected chi connectivity index (χ2v) is 5.81. The Morgan fingerprint density at radius 3 is 2.84 bits per heavy atom. The number of unbranched alkanes of at least 4 members (excludes halogenated alkanes) is 3. The van der Waals surface area contributed by atoms with Crippen LogP contribution in [0.2, 0.25) is 0 Å². The summed E-state index contributed by atoms with van der Waals surface area (Å²) in [6.07, 6.45) is 7.59. The summed E-state index contributed by atoms with van der Waals surface area (Å²) in [4.78, 5) is 0. The molecule has 0 saturated carbocycles. The number of benzene rings is 1. The van der Waals surface area contributed by atoms with Gasteiger partial charge in [-0.15, -0.1) is 0 Å². The minimum atomic E-state index is 0.619. The molecule has 0 fully saturated rings. The number of nitrogens with one attached hydrogen (secondary N) is 1. The van der Waals surface area contributed by atoms with E-state index in [4.69, 9.17) is 4.74 Å². The van der Waals surface area contributed by atoms with Crippen molar-refractivity contribution in [1.29, 1.82) is 0 Å². The predicted molar refractivity (Wildman–Crippen MR) is 81.0 cm³/mol. The fourth-order valence-electron chi connectivity index (χ4n) is 2.59. The van der Waals surface area contributed by atoms with E-state index in [0.29, 0.717) is 6.04 Å². The highest BCUT2D eigenvalue weighted by atomic mass is 16.5. The minimum absolute atomic E-state index is 0.619. The molecule has 106 valence electrons. The van der Waals surface area contributed by atoms with Gasteiger partial charge in [0.1, 0.15) is 5.75 Å². The van der Waals surface area contributed by atoms with Gasteiger partial charge in [0.2, 0.25) is 0 Å². The highest BCUT2D eigenvalue weighted by molar-refractivity contribution is 5.39. The average Bonchev–Trinajstić information content (AvgIpc) is 2.84. The Morgan fingerprint density at radius 2 is 2.00 bits per heavy atom. The lowest BCUT2D eigenvalue weighted by Gasteiger charge is -2.07. The topological polar surface area (TPSA) is 21.3 Å². The molecule has 0 aliphatic carbocycles. The van der Waals surface area contributed by atoms with E-state index in [1.165, 1.54) is 43.2 Å². The van der Waals surface area contributed by atoms with Crippen molar-refractivity contribution in [3.63, 3.8) is 0 Å². The molecular formula is C17H27NO. The van der Waals surface area contributed by atoms with Crippen LogP contribution in [-0.4, -0.2) is 19.2 Å². The van der Waals surface area contributed by atoms with Crippen LogP contribution in [0.5, 0.6) is 5.75 Å². The lowest BCUT2D eigenvalue weighted by Crippen LogP contribution is -2.23. The van der Waals surface area contributed by atoms with Crippen LogP contribution in [0.4, 0.5) is 0 Å². The molecule has 1 aliphatic rings. The van der Waals surface area contributed by atoms with E-state index < -0.39 is 0 Å². The van der Waals surface area contributed by atoms with Crippen molar-refractivity contribution < 1.29 is 4.74 Å². The van der Waals surface area contributed by atoms with E-state index in [1.807, 2.05) is 0 Å². The van der Waals surface area contributed by atoms with Gasteiger partial charge in [0.25, 0.3) is 0 Å². The molecule has 0 spiro atoms. The van der Waals surface area contributed by atoms with E-state index in [2.05, 4.69) is 37.4 Å². The van der Waals surface area contributed by atoms with Gasteiger partial charge in [0.05, 0.1) is 6.61 Å². The first-order valence-electron chi connectivity index (χ1n) is 7.73. The standard InChI is InChI=1S/C17H27NO/c1-14(2)18-11-6-4-3-5-7-15-8-9-17-16(13-15)10-12-19-17/h8-9,13-14,18H,3-7,10-12H2,1-2H3. The van der Waals surface area contributed by atoms with Crippen LogP contribution in [0.3, 0.4) is 0 Å². The summed E-state index contributed by atoms with van der Waals surface area (Å²) in [5.74, 6) is 1.10. The Morgan fingerprint density at radius 1 is 1.16 bits per heavy atom. The van der Waals surface area contributed by atoms with Gasteiger partial charge in [-0.3, -0.25) is 0 Å². The van der Waals surface area contributed by atoms with Crippen molar-refractivity contribution in [3.05, 3.63) is 29.3 Å². The summed E-state index contributed by atoms with van der Waals surface area (Å²) in [5.41, 5.74) is 2.88. The molecule has 1 aromatic rings. The van der Waals surface area contributed by atoms with Crippen LogP contribution in [0.25, 0.3) is 0 Å². The van der Waals surface area contributed by atoms with Crippen LogP contribution >= 0.6 is 0 Å². The normalized spacial score (nSPS) is 13.6. The summed E-state index contributed by atoms with van der Waals surface area (Å²) in [7, 11) is 0. The number of aryl methyl sites for hydroxylation is 1. The molecule has 1 aromatic carbocycles. The number of fused-ring (bicyclic) bond motifs is 1. The summed E-state index contributed by atoms with van der Waals surface area (Å²) in [6, 6.07) is 7.32. The van der Waals surface area contributed by atoms with Crippen LogP contribution in [0.1, 0.15) is 50.7 Å². The molecule has 0 bridgehead atoms. The molecule has 0 atom stereocenters. The molecule has 0 radical (unpaired) electrons. The zero-order valence-electron chi connectivity index (χ0n) is 12.4. The molecule has 0 aromatic heterocycles. The van der Waals surface area contributed by atoms with Crippen LogP contribution in [0, 0.1) is 0 Å². The van der Waals surface area contributed by atoms with Gasteiger partial charge in [-0.05, 0) is 43.0 Å². The highest BCUT2D eigenvalue weighted by Crippen LogP contribution is 2.26. The molecule has 1 N–H and O–H groups in total. The van der Waals surface area contributed by atoms with E-state index in [1.54, 1.807) is 0 Å². The third-order valence-corrected chi connectivity index (χ3v) is 3.70. The summed E-state index contributed by atoms with van der Waals surface area (Å²) in [5, 5.41) is 3.47. The molecule has 2 rings (SSSR count). The van der Waals surface area contributed by atoms with Crippen molar-refractivity contribution >= 4 is 0 Å². The van der Waals surface area contributed by atoms with Gasteiger partial charge >= 0.3 is 0 Å². The largest absolute Gasteiger partial charge is 0.493 e. The highest BCUT2D eigenvalue weighted by Gasteiger charge is 2.11. The lowest BCUT2D eigenvalue weighted by molar-refractivity contribution is 0.357. The van der Waals surface area contributed by atoms with E-state index in [-0.39, 0.29) is 0 Å². The molecule has 1 aliphatic heterocycles. The third kappa shape index (κ3) is 4.87. The van der Waals surface area contributed by atoms with Gasteiger partial charge in [-0.2, -0.15) is 0 Å². The first-order valence-corrected chi connectivity index (χ1v) is 7.73. The second kappa shape index (κ2) is 7.54. The molecule has 2 nitrogen and oxygen atoms in total. The van der Waals surface area contributed by atoms with Gasteiger partial charge in [-0.1, -0.05) is 38.8 Å². The minimum Gasteiger partial charge on any atom is -0.493 e. The Kier molecular flexibility index (Phi) is 5.71. The quantitative estimate of drug-likeness (QED) is 0.720. The lowest BCUT2D eigenvalue weighted by atomic mass is 10.0. The van der Waals surface area contributed by atoms with E-state index in [9.17, 15) is 0 Å². The van der Waals surface area contributed by atoms with Crippen molar-refractivity contribution in [2.75, 3.05) is 13.2 Å². The SMILES string of the molecule is CC(C)NCCCCCCc1ccc2c(c1)CCO2. The molecule has 19 heavy (non-hydrogen) atoms. The average molecular weight is 261 g/mol. The first-order chi connectivity index (χ1) is 9.25.